The predicted octanol–water partition coefficient (Wildman–Crippen LogP) is 4.36. The molecule has 0 spiro atoms. The molecule has 1 N–H and O–H groups in total. The van der Waals surface area contributed by atoms with E-state index in [1.807, 2.05) is 6.07 Å². The summed E-state index contributed by atoms with van der Waals surface area (Å²) < 4.78 is 13.4. The van der Waals surface area contributed by atoms with Crippen LogP contribution >= 0.6 is 0 Å². The van der Waals surface area contributed by atoms with Gasteiger partial charge in [-0.3, -0.25) is 0 Å². The molecule has 2 aromatic rings. The van der Waals surface area contributed by atoms with Crippen molar-refractivity contribution in [2.75, 3.05) is 5.32 Å². The van der Waals surface area contributed by atoms with Gasteiger partial charge in [-0.25, -0.2) is 4.39 Å². The van der Waals surface area contributed by atoms with Crippen LogP contribution in [0, 0.1) is 26.6 Å². The lowest BCUT2D eigenvalue weighted by Crippen LogP contribution is -2.02. The summed E-state index contributed by atoms with van der Waals surface area (Å²) in [6.07, 6.45) is 0. The average Bonchev–Trinajstić information content (AvgIpc) is 2.30. The van der Waals surface area contributed by atoms with E-state index in [1.165, 1.54) is 22.8 Å². The Morgan fingerprint density at radius 1 is 1.00 bits per heavy atom. The van der Waals surface area contributed by atoms with Crippen LogP contribution < -0.4 is 5.32 Å². The molecule has 0 atom stereocenters. The summed E-state index contributed by atoms with van der Waals surface area (Å²) in [5.41, 5.74) is 5.25. The second-order valence-electron chi connectivity index (χ2n) is 4.76. The van der Waals surface area contributed by atoms with Crippen LogP contribution in [0.5, 0.6) is 0 Å². The summed E-state index contributed by atoms with van der Waals surface area (Å²) in [6, 6.07) is 11.6. The molecule has 0 aliphatic heterocycles. The normalized spacial score (nSPS) is 10.4. The maximum absolute atomic E-state index is 13.4. The maximum atomic E-state index is 13.4. The van der Waals surface area contributed by atoms with Crippen molar-refractivity contribution in [2.45, 2.75) is 27.3 Å². The molecule has 0 aromatic heterocycles. The van der Waals surface area contributed by atoms with Crippen LogP contribution in [0.3, 0.4) is 0 Å². The molecule has 0 bridgehead atoms. The highest BCUT2D eigenvalue weighted by atomic mass is 19.1. The molecule has 2 rings (SSSR count). The van der Waals surface area contributed by atoms with Gasteiger partial charge in [0.25, 0.3) is 0 Å². The number of anilines is 1. The van der Waals surface area contributed by atoms with Crippen LogP contribution in [0.1, 0.15) is 22.3 Å². The zero-order valence-corrected chi connectivity index (χ0v) is 11.0. The SMILES string of the molecule is Cc1cc(C)cc(CNc2cccc(F)c2C)c1. The number of rotatable bonds is 3. The first-order valence-electron chi connectivity index (χ1n) is 6.12. The summed E-state index contributed by atoms with van der Waals surface area (Å²) in [6.45, 7) is 6.68. The number of nitrogens with one attached hydrogen (secondary N) is 1. The van der Waals surface area contributed by atoms with Gasteiger partial charge < -0.3 is 5.32 Å². The standard InChI is InChI=1S/C16H18FN/c1-11-7-12(2)9-14(8-11)10-18-16-6-4-5-15(17)13(16)3/h4-9,18H,10H2,1-3H3. The number of halogens is 1. The van der Waals surface area contributed by atoms with Crippen LogP contribution in [0.15, 0.2) is 36.4 Å². The van der Waals surface area contributed by atoms with Crippen molar-refractivity contribution in [1.82, 2.24) is 0 Å². The Kier molecular flexibility index (Phi) is 3.66. The lowest BCUT2D eigenvalue weighted by Gasteiger charge is -2.11. The summed E-state index contributed by atoms with van der Waals surface area (Å²) in [5, 5.41) is 3.28. The van der Waals surface area contributed by atoms with E-state index in [0.717, 1.165) is 5.69 Å². The van der Waals surface area contributed by atoms with Crippen molar-refractivity contribution in [3.8, 4) is 0 Å². The third-order valence-corrected chi connectivity index (χ3v) is 3.03. The summed E-state index contributed by atoms with van der Waals surface area (Å²) in [4.78, 5) is 0. The first-order valence-corrected chi connectivity index (χ1v) is 6.12. The van der Waals surface area contributed by atoms with Crippen molar-refractivity contribution in [2.24, 2.45) is 0 Å². The van der Waals surface area contributed by atoms with Gasteiger partial charge in [-0.05, 0) is 38.5 Å². The van der Waals surface area contributed by atoms with Crippen molar-refractivity contribution in [1.29, 1.82) is 0 Å². The Morgan fingerprint density at radius 2 is 1.67 bits per heavy atom. The predicted molar refractivity (Wildman–Crippen MR) is 74.4 cm³/mol. The van der Waals surface area contributed by atoms with Crippen molar-refractivity contribution < 1.29 is 4.39 Å². The van der Waals surface area contributed by atoms with E-state index in [1.54, 1.807) is 13.0 Å². The van der Waals surface area contributed by atoms with Crippen molar-refractivity contribution in [3.63, 3.8) is 0 Å². The van der Waals surface area contributed by atoms with Gasteiger partial charge in [-0.1, -0.05) is 35.4 Å². The number of aryl methyl sites for hydroxylation is 2. The molecule has 2 heteroatoms. The highest BCUT2D eigenvalue weighted by Gasteiger charge is 2.03. The van der Waals surface area contributed by atoms with E-state index >= 15 is 0 Å². The van der Waals surface area contributed by atoms with Crippen molar-refractivity contribution >= 4 is 5.69 Å². The molecular weight excluding hydrogens is 225 g/mol. The van der Waals surface area contributed by atoms with E-state index in [9.17, 15) is 4.39 Å². The van der Waals surface area contributed by atoms with Gasteiger partial charge in [-0.2, -0.15) is 0 Å². The second-order valence-corrected chi connectivity index (χ2v) is 4.76. The number of hydrogen-bond acceptors (Lipinski definition) is 1. The fourth-order valence-electron chi connectivity index (χ4n) is 2.17. The van der Waals surface area contributed by atoms with E-state index in [4.69, 9.17) is 0 Å². The molecule has 2 aromatic carbocycles. The summed E-state index contributed by atoms with van der Waals surface area (Å²) >= 11 is 0. The molecule has 0 saturated carbocycles. The fourth-order valence-corrected chi connectivity index (χ4v) is 2.17. The van der Waals surface area contributed by atoms with E-state index in [0.29, 0.717) is 12.1 Å². The first kappa shape index (κ1) is 12.6. The van der Waals surface area contributed by atoms with Gasteiger partial charge in [0.05, 0.1) is 0 Å². The largest absolute Gasteiger partial charge is 0.381 e. The van der Waals surface area contributed by atoms with Gasteiger partial charge in [-0.15, -0.1) is 0 Å². The van der Waals surface area contributed by atoms with E-state index in [-0.39, 0.29) is 5.82 Å². The molecule has 0 aliphatic carbocycles. The maximum Gasteiger partial charge on any atom is 0.128 e. The lowest BCUT2D eigenvalue weighted by molar-refractivity contribution is 0.619. The highest BCUT2D eigenvalue weighted by molar-refractivity contribution is 5.51. The van der Waals surface area contributed by atoms with E-state index in [2.05, 4.69) is 37.4 Å². The molecule has 1 nitrogen and oxygen atoms in total. The summed E-state index contributed by atoms with van der Waals surface area (Å²) in [5.74, 6) is -0.166. The molecule has 18 heavy (non-hydrogen) atoms. The number of benzene rings is 2. The van der Waals surface area contributed by atoms with Crippen LogP contribution in [0.2, 0.25) is 0 Å². The van der Waals surface area contributed by atoms with Gasteiger partial charge in [0, 0.05) is 17.8 Å². The van der Waals surface area contributed by atoms with E-state index < -0.39 is 0 Å². The Bertz CT molecular complexity index is 541. The average molecular weight is 243 g/mol. The van der Waals surface area contributed by atoms with Gasteiger partial charge in [0.1, 0.15) is 5.82 Å². The highest BCUT2D eigenvalue weighted by Crippen LogP contribution is 2.18. The van der Waals surface area contributed by atoms with Crippen LogP contribution in [0.4, 0.5) is 10.1 Å². The minimum atomic E-state index is -0.166. The third kappa shape index (κ3) is 2.89. The number of hydrogen-bond donors (Lipinski definition) is 1. The quantitative estimate of drug-likeness (QED) is 0.844. The first-order chi connectivity index (χ1) is 8.56. The molecule has 0 aliphatic rings. The molecule has 0 saturated heterocycles. The third-order valence-electron chi connectivity index (χ3n) is 3.03. The minimum absolute atomic E-state index is 0.166. The van der Waals surface area contributed by atoms with Gasteiger partial charge in [0.2, 0.25) is 0 Å². The van der Waals surface area contributed by atoms with Crippen molar-refractivity contribution in [3.05, 3.63) is 64.5 Å². The summed E-state index contributed by atoms with van der Waals surface area (Å²) in [7, 11) is 0. The van der Waals surface area contributed by atoms with Crippen LogP contribution in [-0.2, 0) is 6.54 Å². The molecule has 0 unspecified atom stereocenters. The van der Waals surface area contributed by atoms with Gasteiger partial charge >= 0.3 is 0 Å². The Hall–Kier alpha value is -1.83. The zero-order chi connectivity index (χ0) is 13.1. The molecule has 0 heterocycles. The van der Waals surface area contributed by atoms with Gasteiger partial charge in [0.15, 0.2) is 0 Å². The molecule has 0 amide bonds. The smallest absolute Gasteiger partial charge is 0.128 e. The topological polar surface area (TPSA) is 12.0 Å². The Morgan fingerprint density at radius 3 is 2.33 bits per heavy atom. The monoisotopic (exact) mass is 243 g/mol. The second kappa shape index (κ2) is 5.21. The molecule has 0 radical (unpaired) electrons. The minimum Gasteiger partial charge on any atom is -0.381 e. The molecule has 94 valence electrons. The van der Waals surface area contributed by atoms with Crippen LogP contribution in [-0.4, -0.2) is 0 Å². The molecular formula is C16H18FN. The Balaban J connectivity index is 2.14. The molecule has 0 fully saturated rings. The van der Waals surface area contributed by atoms with Crippen LogP contribution in [0.25, 0.3) is 0 Å². The fraction of sp³-hybridized carbons (Fsp3) is 0.250. The zero-order valence-electron chi connectivity index (χ0n) is 11.0. The Labute approximate surface area is 108 Å². The lowest BCUT2D eigenvalue weighted by atomic mass is 10.1.